The molecule has 7 aromatic carbocycles. The van der Waals surface area contributed by atoms with Gasteiger partial charge in [0.15, 0.2) is 0 Å². The molecular formula is C42H26N2O. The van der Waals surface area contributed by atoms with Gasteiger partial charge in [-0.05, 0) is 48.5 Å². The second-order valence-electron chi connectivity index (χ2n) is 11.7. The van der Waals surface area contributed by atoms with Crippen molar-refractivity contribution in [2.75, 3.05) is 0 Å². The van der Waals surface area contributed by atoms with Crippen molar-refractivity contribution in [1.29, 1.82) is 0 Å². The first-order valence-electron chi connectivity index (χ1n) is 15.4. The minimum Gasteiger partial charge on any atom is -0.455 e. The van der Waals surface area contributed by atoms with Crippen LogP contribution in [0, 0.1) is 0 Å². The van der Waals surface area contributed by atoms with Gasteiger partial charge in [0.25, 0.3) is 0 Å². The number of para-hydroxylation sites is 6. The quantitative estimate of drug-likeness (QED) is 0.206. The highest BCUT2D eigenvalue weighted by molar-refractivity contribution is 6.14. The van der Waals surface area contributed by atoms with Crippen molar-refractivity contribution in [2.45, 2.75) is 0 Å². The van der Waals surface area contributed by atoms with Gasteiger partial charge in [0.05, 0.1) is 27.8 Å². The van der Waals surface area contributed by atoms with E-state index in [-0.39, 0.29) is 0 Å². The molecule has 3 aromatic heterocycles. The lowest BCUT2D eigenvalue weighted by Crippen LogP contribution is -1.99. The van der Waals surface area contributed by atoms with Crippen LogP contribution in [-0.4, -0.2) is 9.13 Å². The Balaban J connectivity index is 1.35. The molecular weight excluding hydrogens is 548 g/mol. The van der Waals surface area contributed by atoms with Gasteiger partial charge in [-0.3, -0.25) is 0 Å². The van der Waals surface area contributed by atoms with Crippen LogP contribution in [0.5, 0.6) is 0 Å². The number of nitrogens with zero attached hydrogens (tertiary/aromatic N) is 2. The number of rotatable bonds is 3. The summed E-state index contributed by atoms with van der Waals surface area (Å²) in [7, 11) is 0. The third-order valence-electron chi connectivity index (χ3n) is 9.32. The maximum atomic E-state index is 6.71. The highest BCUT2D eigenvalue weighted by Crippen LogP contribution is 2.43. The third-order valence-corrected chi connectivity index (χ3v) is 9.32. The molecule has 0 aliphatic rings. The summed E-state index contributed by atoms with van der Waals surface area (Å²) in [6, 6.07) is 56.5. The molecule has 0 amide bonds. The molecule has 3 nitrogen and oxygen atoms in total. The number of aromatic nitrogens is 2. The Morgan fingerprint density at radius 2 is 0.822 bits per heavy atom. The predicted molar refractivity (Wildman–Crippen MR) is 188 cm³/mol. The largest absolute Gasteiger partial charge is 0.455 e. The van der Waals surface area contributed by atoms with Gasteiger partial charge < -0.3 is 13.6 Å². The molecule has 210 valence electrons. The van der Waals surface area contributed by atoms with Gasteiger partial charge in [0.2, 0.25) is 0 Å². The van der Waals surface area contributed by atoms with E-state index in [4.69, 9.17) is 4.42 Å². The van der Waals surface area contributed by atoms with Crippen LogP contribution in [-0.2, 0) is 0 Å². The molecule has 0 unspecified atom stereocenters. The lowest BCUT2D eigenvalue weighted by atomic mass is 9.99. The van der Waals surface area contributed by atoms with Crippen LogP contribution in [0.4, 0.5) is 0 Å². The van der Waals surface area contributed by atoms with E-state index < -0.39 is 0 Å². The van der Waals surface area contributed by atoms with E-state index in [1.807, 2.05) is 6.07 Å². The summed E-state index contributed by atoms with van der Waals surface area (Å²) < 4.78 is 11.5. The van der Waals surface area contributed by atoms with E-state index in [9.17, 15) is 0 Å². The van der Waals surface area contributed by atoms with Crippen molar-refractivity contribution in [3.05, 3.63) is 158 Å². The third kappa shape index (κ3) is 3.41. The summed E-state index contributed by atoms with van der Waals surface area (Å²) in [5.41, 5.74) is 11.0. The van der Waals surface area contributed by atoms with Gasteiger partial charge >= 0.3 is 0 Å². The fourth-order valence-electron chi connectivity index (χ4n) is 7.42. The molecule has 10 aromatic rings. The van der Waals surface area contributed by atoms with Crippen LogP contribution in [0.1, 0.15) is 0 Å². The first-order chi connectivity index (χ1) is 22.3. The molecule has 0 fully saturated rings. The summed E-state index contributed by atoms with van der Waals surface area (Å²) in [5.74, 6) is 0. The van der Waals surface area contributed by atoms with Crippen molar-refractivity contribution in [1.82, 2.24) is 9.13 Å². The molecule has 0 atom stereocenters. The van der Waals surface area contributed by atoms with E-state index in [0.717, 1.165) is 44.4 Å². The van der Waals surface area contributed by atoms with Gasteiger partial charge in [0, 0.05) is 49.1 Å². The van der Waals surface area contributed by atoms with Gasteiger partial charge in [-0.1, -0.05) is 109 Å². The van der Waals surface area contributed by atoms with E-state index in [0.29, 0.717) is 0 Å². The molecule has 0 saturated heterocycles. The van der Waals surface area contributed by atoms with Crippen LogP contribution in [0.3, 0.4) is 0 Å². The lowest BCUT2D eigenvalue weighted by Gasteiger charge is -2.16. The number of furan rings is 1. The minimum atomic E-state index is 0.891. The summed E-state index contributed by atoms with van der Waals surface area (Å²) in [6.07, 6.45) is 0. The van der Waals surface area contributed by atoms with Crippen molar-refractivity contribution < 1.29 is 4.42 Å². The van der Waals surface area contributed by atoms with Crippen LogP contribution >= 0.6 is 0 Å². The summed E-state index contributed by atoms with van der Waals surface area (Å²) in [6.45, 7) is 0. The number of hydrogen-bond acceptors (Lipinski definition) is 1. The lowest BCUT2D eigenvalue weighted by molar-refractivity contribution is 0.670. The molecule has 0 radical (unpaired) electrons. The van der Waals surface area contributed by atoms with Gasteiger partial charge in [-0.25, -0.2) is 0 Å². The molecule has 3 heterocycles. The predicted octanol–water partition coefficient (Wildman–Crippen LogP) is 11.4. The second kappa shape index (κ2) is 9.22. The average molecular weight is 575 g/mol. The second-order valence-corrected chi connectivity index (χ2v) is 11.7. The average Bonchev–Trinajstić information content (AvgIpc) is 3.76. The highest BCUT2D eigenvalue weighted by Gasteiger charge is 2.21. The molecule has 0 aliphatic heterocycles. The smallest absolute Gasteiger partial charge is 0.143 e. The summed E-state index contributed by atoms with van der Waals surface area (Å²) in [4.78, 5) is 0. The Morgan fingerprint density at radius 1 is 0.356 bits per heavy atom. The van der Waals surface area contributed by atoms with E-state index in [1.54, 1.807) is 0 Å². The Labute approximate surface area is 258 Å². The topological polar surface area (TPSA) is 23.0 Å². The van der Waals surface area contributed by atoms with Gasteiger partial charge in [-0.2, -0.15) is 0 Å². The Kier molecular flexibility index (Phi) is 5.00. The summed E-state index contributed by atoms with van der Waals surface area (Å²) in [5, 5.41) is 7.21. The zero-order valence-electron chi connectivity index (χ0n) is 24.3. The van der Waals surface area contributed by atoms with E-state index in [1.165, 1.54) is 43.6 Å². The minimum absolute atomic E-state index is 0.891. The van der Waals surface area contributed by atoms with Crippen LogP contribution in [0.15, 0.2) is 162 Å². The zero-order valence-corrected chi connectivity index (χ0v) is 24.3. The van der Waals surface area contributed by atoms with Gasteiger partial charge in [0.1, 0.15) is 11.2 Å². The van der Waals surface area contributed by atoms with Crippen molar-refractivity contribution in [2.24, 2.45) is 0 Å². The normalized spacial score (nSPS) is 12.0. The fraction of sp³-hybridized carbons (Fsp3) is 0. The van der Waals surface area contributed by atoms with Crippen molar-refractivity contribution >= 4 is 65.6 Å². The van der Waals surface area contributed by atoms with E-state index >= 15 is 0 Å². The first-order valence-corrected chi connectivity index (χ1v) is 15.4. The standard InChI is InChI=1S/C42H26N2O/c1-7-19-36-28(13-1)29-14-2-8-20-37(29)43(36)27-25-34(42-35(26-27)33-18-6-12-24-41(33)45-42)32-17-5-11-23-40(32)44-38-21-9-3-15-30(38)31-16-4-10-22-39(31)44/h1-26H. The molecule has 0 N–H and O–H groups in total. The molecule has 10 rings (SSSR count). The molecule has 0 aliphatic carbocycles. The molecule has 0 saturated carbocycles. The van der Waals surface area contributed by atoms with Gasteiger partial charge in [-0.15, -0.1) is 0 Å². The van der Waals surface area contributed by atoms with Crippen LogP contribution in [0.25, 0.3) is 88.1 Å². The van der Waals surface area contributed by atoms with Crippen molar-refractivity contribution in [3.63, 3.8) is 0 Å². The first kappa shape index (κ1) is 24.4. The van der Waals surface area contributed by atoms with Crippen LogP contribution in [0.2, 0.25) is 0 Å². The molecule has 0 bridgehead atoms. The highest BCUT2D eigenvalue weighted by atomic mass is 16.3. The Bertz CT molecular complexity index is 2670. The monoisotopic (exact) mass is 574 g/mol. The fourth-order valence-corrected chi connectivity index (χ4v) is 7.42. The Hall–Kier alpha value is -6.06. The zero-order chi connectivity index (χ0) is 29.5. The molecule has 0 spiro atoms. The van der Waals surface area contributed by atoms with Crippen molar-refractivity contribution in [3.8, 4) is 22.5 Å². The molecule has 45 heavy (non-hydrogen) atoms. The SMILES string of the molecule is c1ccc(-n2c3ccccc3c3ccccc32)c(-c2cc(-n3c4ccccc4c4ccccc43)cc3c2oc2ccccc23)c1. The van der Waals surface area contributed by atoms with E-state index in [2.05, 4.69) is 161 Å². The number of hydrogen-bond donors (Lipinski definition) is 0. The maximum Gasteiger partial charge on any atom is 0.143 e. The molecule has 3 heteroatoms. The Morgan fingerprint density at radius 3 is 1.42 bits per heavy atom. The number of benzene rings is 7. The maximum absolute atomic E-state index is 6.71. The summed E-state index contributed by atoms with van der Waals surface area (Å²) >= 11 is 0. The number of fused-ring (bicyclic) bond motifs is 9. The van der Waals surface area contributed by atoms with Crippen LogP contribution < -0.4 is 0 Å².